The monoisotopic (exact) mass is 1320 g/mol. The number of aryl methyl sites for hydroxylation is 1. The van der Waals surface area contributed by atoms with Gasteiger partial charge in [0, 0.05) is 134 Å². The largest absolute Gasteiger partial charge is 0.507 e. The summed E-state index contributed by atoms with van der Waals surface area (Å²) in [5.74, 6) is 2.48. The van der Waals surface area contributed by atoms with Gasteiger partial charge in [-0.3, -0.25) is 29.9 Å². The molecule has 0 saturated carbocycles. The van der Waals surface area contributed by atoms with Crippen LogP contribution in [-0.2, 0) is 5.41 Å². The van der Waals surface area contributed by atoms with Crippen LogP contribution in [0.25, 0.3) is 133 Å². The van der Waals surface area contributed by atoms with E-state index in [4.69, 9.17) is 16.3 Å². The number of aromatic nitrogens is 15. The summed E-state index contributed by atoms with van der Waals surface area (Å²) in [6.07, 6.45) is 27.1. The van der Waals surface area contributed by atoms with Gasteiger partial charge in [-0.15, -0.1) is 15.0 Å². The van der Waals surface area contributed by atoms with Gasteiger partial charge in [-0.2, -0.15) is 0 Å². The number of fused-ring (bicyclic) bond motifs is 10. The molecule has 0 aliphatic carbocycles. The van der Waals surface area contributed by atoms with Crippen molar-refractivity contribution in [2.75, 3.05) is 6.61 Å². The highest BCUT2D eigenvalue weighted by Crippen LogP contribution is 2.41. The molecule has 0 spiro atoms. The molecule has 0 saturated heterocycles. The maximum Gasteiger partial charge on any atom is 0.167 e. The first-order chi connectivity index (χ1) is 48.3. The molecule has 11 aromatic heterocycles. The minimum Gasteiger partial charge on any atom is -0.507 e. The summed E-state index contributed by atoms with van der Waals surface area (Å²) in [5, 5.41) is 37.2. The maximum absolute atomic E-state index is 10.7. The number of ether oxygens (including phenoxy) is 1. The normalized spacial score (nSPS) is 11.6. The second-order valence-corrected chi connectivity index (χ2v) is 25.7. The molecule has 11 heterocycles. The molecule has 17 rings (SSSR count). The number of halogens is 1. The lowest BCUT2D eigenvalue weighted by Crippen LogP contribution is -2.13. The molecule has 0 fully saturated rings. The number of phenolic OH excluding ortho intramolecular Hbond substituents is 2. The van der Waals surface area contributed by atoms with E-state index in [-0.39, 0.29) is 16.9 Å². The smallest absolute Gasteiger partial charge is 0.167 e. The van der Waals surface area contributed by atoms with Crippen LogP contribution in [0.1, 0.15) is 64.5 Å². The van der Waals surface area contributed by atoms with Crippen molar-refractivity contribution in [2.24, 2.45) is 0 Å². The Morgan fingerprint density at radius 3 is 1.30 bits per heavy atom. The number of pyridine rings is 6. The number of hydrogen-bond acceptors (Lipinski definition) is 14. The molecular weight excluding hydrogens is 1250 g/mol. The average Bonchev–Trinajstić information content (AvgIpc) is 1.59. The summed E-state index contributed by atoms with van der Waals surface area (Å²) >= 11 is 5.99. The highest BCUT2D eigenvalue weighted by Gasteiger charge is 2.24. The molecule has 19 heteroatoms. The number of unbranched alkanes of at least 4 members (excludes halogenated alkanes) is 3. The molecule has 0 unspecified atom stereocenters. The molecule has 18 nitrogen and oxygen atoms in total. The van der Waals surface area contributed by atoms with E-state index in [0.717, 1.165) is 123 Å². The molecule has 0 aliphatic heterocycles. The van der Waals surface area contributed by atoms with Crippen LogP contribution in [-0.4, -0.2) is 90.4 Å². The van der Waals surface area contributed by atoms with Gasteiger partial charge in [0.15, 0.2) is 17.5 Å². The number of aromatic hydroxyl groups is 2. The SMILES string of the molecule is CCCCCCOc1ccc(-c2nc(-c3ccccc3)nc(-c3ccccc3)n2)c(O)c1.Cc1cc(-n2nc3ccc(Cl)cc3n2)c(O)c(C(C)(C)C)c1.c1cc2c(cn1)c1cnccc1n2-c1cc(-n2c3ccncc3c3cnccc32)cc(-n2c3ccncc3c3cnccc32)c1. The molecule has 0 bridgehead atoms. The van der Waals surface area contributed by atoms with E-state index < -0.39 is 0 Å². The third kappa shape index (κ3) is 12.3. The first-order valence-corrected chi connectivity index (χ1v) is 33.1. The number of nitrogens with zero attached hydrogens (tertiary/aromatic N) is 15. The summed E-state index contributed by atoms with van der Waals surface area (Å²) < 4.78 is 12.7. The van der Waals surface area contributed by atoms with Crippen LogP contribution in [0.3, 0.4) is 0 Å². The first-order valence-electron chi connectivity index (χ1n) is 32.8. The highest BCUT2D eigenvalue weighted by molar-refractivity contribution is 6.31. The lowest BCUT2D eigenvalue weighted by molar-refractivity contribution is 0.303. The van der Waals surface area contributed by atoms with Gasteiger partial charge in [0.2, 0.25) is 0 Å². The van der Waals surface area contributed by atoms with Crippen LogP contribution in [0.2, 0.25) is 5.02 Å². The minimum atomic E-state index is -0.166. The van der Waals surface area contributed by atoms with E-state index in [1.165, 1.54) is 17.6 Å². The molecule has 2 N–H and O–H groups in total. The van der Waals surface area contributed by atoms with E-state index in [9.17, 15) is 10.2 Å². The van der Waals surface area contributed by atoms with Gasteiger partial charge < -0.3 is 28.7 Å². The van der Waals surface area contributed by atoms with Gasteiger partial charge >= 0.3 is 0 Å². The Balaban J connectivity index is 0.000000130. The van der Waals surface area contributed by atoms with Crippen LogP contribution in [0.15, 0.2) is 238 Å². The quantitative estimate of drug-likeness (QED) is 0.103. The minimum absolute atomic E-state index is 0.0836. The van der Waals surface area contributed by atoms with E-state index in [1.807, 2.05) is 166 Å². The van der Waals surface area contributed by atoms with Crippen molar-refractivity contribution in [1.29, 1.82) is 0 Å². The van der Waals surface area contributed by atoms with Gasteiger partial charge in [0.1, 0.15) is 34.0 Å². The van der Waals surface area contributed by atoms with E-state index >= 15 is 0 Å². The zero-order chi connectivity index (χ0) is 67.7. The Bertz CT molecular complexity index is 5310. The zero-order valence-corrected chi connectivity index (χ0v) is 55.7. The van der Waals surface area contributed by atoms with Crippen molar-refractivity contribution in [2.45, 2.75) is 65.7 Å². The van der Waals surface area contributed by atoms with Gasteiger partial charge in [-0.05, 0) is 115 Å². The average molecular weight is 1320 g/mol. The molecule has 17 aromatic rings. The fourth-order valence-electron chi connectivity index (χ4n) is 12.8. The zero-order valence-electron chi connectivity index (χ0n) is 54.9. The molecule has 6 aromatic carbocycles. The van der Waals surface area contributed by atoms with Crippen molar-refractivity contribution >= 4 is 88.1 Å². The highest BCUT2D eigenvalue weighted by atomic mass is 35.5. The molecule has 486 valence electrons. The van der Waals surface area contributed by atoms with E-state index in [0.29, 0.717) is 51.6 Å². The van der Waals surface area contributed by atoms with Gasteiger partial charge in [0.25, 0.3) is 0 Å². The summed E-state index contributed by atoms with van der Waals surface area (Å²) in [5.41, 5.74) is 15.5. The van der Waals surface area contributed by atoms with E-state index in [1.54, 1.807) is 24.3 Å². The van der Waals surface area contributed by atoms with Crippen LogP contribution in [0.5, 0.6) is 17.2 Å². The Labute approximate surface area is 574 Å². The summed E-state index contributed by atoms with van der Waals surface area (Å²) in [7, 11) is 0. The number of rotatable bonds is 13. The van der Waals surface area contributed by atoms with Crippen LogP contribution in [0.4, 0.5) is 0 Å². The lowest BCUT2D eigenvalue weighted by atomic mass is 9.85. The summed E-state index contributed by atoms with van der Waals surface area (Å²) in [4.78, 5) is 42.2. The standard InChI is InChI=1S/C36H21N9.C27H27N3O2.C17H18ClN3O/c1-7-37-16-25-26-17-38-8-2-32(26)43(31(1)25)22-13-23(44-33-3-9-39-18-27(33)28-19-40-10-4-34(28)44)15-24(14-22)45-35-5-11-41-20-29(35)30-21-42-12-6-36(30)45;1-2-3-4-11-18-32-22-16-17-23(24(31)19-22)27-29-25(20-12-7-5-8-13-20)28-26(30-27)21-14-9-6-10-15-21;1-10-7-12(17(2,3)4)16(22)15(8-10)21-19-13-6-5-11(18)9-14(13)20-21/h1-21H;5-10,12-17,19,31H,2-4,11,18H2,1H3;5-9,22H,1-4H3. The lowest BCUT2D eigenvalue weighted by Gasteiger charge is -2.22. The van der Waals surface area contributed by atoms with Crippen molar-refractivity contribution in [3.63, 3.8) is 0 Å². The summed E-state index contributed by atoms with van der Waals surface area (Å²) in [6.45, 7) is 11.0. The van der Waals surface area contributed by atoms with Gasteiger partial charge in [-0.1, -0.05) is 125 Å². The Morgan fingerprint density at radius 2 is 0.879 bits per heavy atom. The Kier molecular flexibility index (Phi) is 17.0. The third-order valence-electron chi connectivity index (χ3n) is 17.5. The molecular formula is C80H66ClN15O3. The van der Waals surface area contributed by atoms with Gasteiger partial charge in [0.05, 0.1) is 62.3 Å². The predicted molar refractivity (Wildman–Crippen MR) is 393 cm³/mol. The van der Waals surface area contributed by atoms with Crippen LogP contribution in [0, 0.1) is 6.92 Å². The second kappa shape index (κ2) is 26.7. The first kappa shape index (κ1) is 62.8. The number of benzene rings is 6. The Hall–Kier alpha value is -12.3. The second-order valence-electron chi connectivity index (χ2n) is 25.2. The van der Waals surface area contributed by atoms with Crippen molar-refractivity contribution in [3.05, 3.63) is 254 Å². The fraction of sp³-hybridized carbons (Fsp3) is 0.138. The molecule has 0 amide bonds. The van der Waals surface area contributed by atoms with Crippen molar-refractivity contribution in [1.82, 2.24) is 73.6 Å². The fourth-order valence-corrected chi connectivity index (χ4v) is 13.0. The van der Waals surface area contributed by atoms with Crippen molar-refractivity contribution < 1.29 is 14.9 Å². The number of hydrogen-bond donors (Lipinski definition) is 2. The predicted octanol–water partition coefficient (Wildman–Crippen LogP) is 18.3. The topological polar surface area (TPSA) is 211 Å². The third-order valence-corrected chi connectivity index (χ3v) is 17.8. The summed E-state index contributed by atoms with van der Waals surface area (Å²) in [6, 6.07) is 53.2. The van der Waals surface area contributed by atoms with Gasteiger partial charge in [-0.25, -0.2) is 15.0 Å². The van der Waals surface area contributed by atoms with E-state index in [2.05, 4.69) is 151 Å². The molecule has 0 aliphatic rings. The molecule has 99 heavy (non-hydrogen) atoms. The van der Waals surface area contributed by atoms with Crippen LogP contribution < -0.4 is 4.74 Å². The Morgan fingerprint density at radius 1 is 0.444 bits per heavy atom. The maximum atomic E-state index is 10.7. The molecule has 0 radical (unpaired) electrons. The number of phenols is 2. The van der Waals surface area contributed by atoms with Crippen molar-refractivity contribution in [3.8, 4) is 74.2 Å². The molecule has 0 atom stereocenters. The van der Waals surface area contributed by atoms with Crippen LogP contribution >= 0.6 is 11.6 Å².